The number of hydrogen-bond acceptors (Lipinski definition) is 2. The van der Waals surface area contributed by atoms with E-state index < -0.39 is 0 Å². The molecule has 13 aromatic rings. The summed E-state index contributed by atoms with van der Waals surface area (Å²) in [5, 5.41) is 7.37. The molecule has 4 aromatic heterocycles. The molecule has 9 aromatic carbocycles. The second-order valence-electron chi connectivity index (χ2n) is 15.3. The minimum atomic E-state index is 0.890. The standard InChI is InChI=1S/C54H33N3O/c1-2-12-38(13-3-1)55(40-26-30-52-46(33-40)43-17-6-9-20-51(43)58-52)39-14-10-11-36(31-39)34-21-23-35(24-22-34)37-25-29-49-50(32-37)57-48-19-8-5-16-42(48)45-28-27-44-41-15-4-7-18-47(41)56(49)53(44)54(45)57/h1-33H. The van der Waals surface area contributed by atoms with Crippen LogP contribution in [0, 0.1) is 0 Å². The Hall–Kier alpha value is -7.82. The molecule has 0 unspecified atom stereocenters. The van der Waals surface area contributed by atoms with Crippen molar-refractivity contribution in [1.82, 2.24) is 8.80 Å². The van der Waals surface area contributed by atoms with Crippen LogP contribution < -0.4 is 4.90 Å². The number of benzene rings is 9. The minimum Gasteiger partial charge on any atom is -0.456 e. The van der Waals surface area contributed by atoms with Crippen LogP contribution in [0.4, 0.5) is 17.1 Å². The third kappa shape index (κ3) is 4.40. The van der Waals surface area contributed by atoms with E-state index in [9.17, 15) is 0 Å². The fourth-order valence-electron chi connectivity index (χ4n) is 9.63. The Balaban J connectivity index is 0.931. The fourth-order valence-corrected chi connectivity index (χ4v) is 9.63. The monoisotopic (exact) mass is 739 g/mol. The summed E-state index contributed by atoms with van der Waals surface area (Å²) in [6.45, 7) is 0. The van der Waals surface area contributed by atoms with Crippen LogP contribution in [0.3, 0.4) is 0 Å². The molecule has 0 aliphatic carbocycles. The number of para-hydroxylation sites is 4. The van der Waals surface area contributed by atoms with Crippen molar-refractivity contribution in [2.24, 2.45) is 0 Å². The van der Waals surface area contributed by atoms with Crippen molar-refractivity contribution in [3.05, 3.63) is 200 Å². The van der Waals surface area contributed by atoms with E-state index in [2.05, 4.69) is 202 Å². The summed E-state index contributed by atoms with van der Waals surface area (Å²) in [6.07, 6.45) is 0. The van der Waals surface area contributed by atoms with Crippen LogP contribution in [-0.4, -0.2) is 8.80 Å². The van der Waals surface area contributed by atoms with Gasteiger partial charge in [0, 0.05) is 49.4 Å². The van der Waals surface area contributed by atoms with Crippen LogP contribution in [0.1, 0.15) is 0 Å². The molecule has 0 aliphatic heterocycles. The van der Waals surface area contributed by atoms with Crippen LogP contribution in [0.2, 0.25) is 0 Å². The Labute approximate surface area is 333 Å². The highest BCUT2D eigenvalue weighted by Crippen LogP contribution is 2.43. The van der Waals surface area contributed by atoms with Crippen LogP contribution in [-0.2, 0) is 0 Å². The Morgan fingerprint density at radius 1 is 0.293 bits per heavy atom. The molecule has 0 radical (unpaired) electrons. The normalized spacial score (nSPS) is 12.1. The van der Waals surface area contributed by atoms with Gasteiger partial charge in [-0.1, -0.05) is 127 Å². The molecule has 0 atom stereocenters. The average Bonchev–Trinajstić information content (AvgIpc) is 3.95. The molecule has 0 amide bonds. The Kier molecular flexibility index (Phi) is 6.41. The van der Waals surface area contributed by atoms with Gasteiger partial charge in [-0.3, -0.25) is 0 Å². The number of aromatic nitrogens is 2. The lowest BCUT2D eigenvalue weighted by atomic mass is 9.99. The van der Waals surface area contributed by atoms with E-state index in [-0.39, 0.29) is 0 Å². The first-order valence-corrected chi connectivity index (χ1v) is 19.8. The summed E-state index contributed by atoms with van der Waals surface area (Å²) in [7, 11) is 0. The number of fused-ring (bicyclic) bond motifs is 12. The second kappa shape index (κ2) is 11.8. The number of nitrogens with zero attached hydrogens (tertiary/aromatic N) is 3. The molecular formula is C54H33N3O. The predicted molar refractivity (Wildman–Crippen MR) is 242 cm³/mol. The van der Waals surface area contributed by atoms with E-state index in [1.54, 1.807) is 0 Å². The van der Waals surface area contributed by atoms with E-state index >= 15 is 0 Å². The van der Waals surface area contributed by atoms with Crippen molar-refractivity contribution in [3.63, 3.8) is 0 Å². The van der Waals surface area contributed by atoms with Gasteiger partial charge in [0.15, 0.2) is 0 Å². The molecule has 270 valence electrons. The van der Waals surface area contributed by atoms with E-state index in [0.29, 0.717) is 0 Å². The van der Waals surface area contributed by atoms with Gasteiger partial charge in [-0.25, -0.2) is 0 Å². The molecule has 0 fully saturated rings. The van der Waals surface area contributed by atoms with E-state index in [1.165, 1.54) is 71.3 Å². The van der Waals surface area contributed by atoms with Crippen LogP contribution in [0.25, 0.3) is 98.8 Å². The van der Waals surface area contributed by atoms with Crippen LogP contribution in [0.5, 0.6) is 0 Å². The molecule has 4 nitrogen and oxygen atoms in total. The molecular weight excluding hydrogens is 707 g/mol. The van der Waals surface area contributed by atoms with Gasteiger partial charge in [-0.05, 0) is 95.1 Å². The largest absolute Gasteiger partial charge is 0.456 e. The minimum absolute atomic E-state index is 0.890. The van der Waals surface area contributed by atoms with E-state index in [4.69, 9.17) is 4.42 Å². The van der Waals surface area contributed by atoms with Crippen molar-refractivity contribution in [1.29, 1.82) is 0 Å². The number of hydrogen-bond donors (Lipinski definition) is 0. The highest BCUT2D eigenvalue weighted by atomic mass is 16.3. The van der Waals surface area contributed by atoms with Crippen molar-refractivity contribution >= 4 is 93.6 Å². The first-order valence-electron chi connectivity index (χ1n) is 19.8. The molecule has 0 bridgehead atoms. The summed E-state index contributed by atoms with van der Waals surface area (Å²) < 4.78 is 11.2. The van der Waals surface area contributed by atoms with E-state index in [0.717, 1.165) is 44.6 Å². The lowest BCUT2D eigenvalue weighted by Gasteiger charge is -2.26. The molecule has 4 heteroatoms. The molecule has 0 aliphatic rings. The van der Waals surface area contributed by atoms with Crippen molar-refractivity contribution in [2.45, 2.75) is 0 Å². The molecule has 4 heterocycles. The Bertz CT molecular complexity index is 3740. The molecule has 0 spiro atoms. The molecule has 0 saturated heterocycles. The van der Waals surface area contributed by atoms with Gasteiger partial charge < -0.3 is 18.1 Å². The maximum atomic E-state index is 6.19. The van der Waals surface area contributed by atoms with Gasteiger partial charge in [0.25, 0.3) is 0 Å². The summed E-state index contributed by atoms with van der Waals surface area (Å²) in [5.74, 6) is 0. The maximum absolute atomic E-state index is 6.19. The molecule has 0 saturated carbocycles. The Morgan fingerprint density at radius 3 is 1.57 bits per heavy atom. The smallest absolute Gasteiger partial charge is 0.135 e. The van der Waals surface area contributed by atoms with Gasteiger partial charge in [-0.15, -0.1) is 0 Å². The van der Waals surface area contributed by atoms with Crippen molar-refractivity contribution in [3.8, 4) is 22.3 Å². The zero-order valence-electron chi connectivity index (χ0n) is 31.3. The van der Waals surface area contributed by atoms with Crippen molar-refractivity contribution < 1.29 is 4.42 Å². The molecule has 0 N–H and O–H groups in total. The van der Waals surface area contributed by atoms with Crippen LogP contribution in [0.15, 0.2) is 205 Å². The van der Waals surface area contributed by atoms with E-state index in [1.807, 2.05) is 12.1 Å². The van der Waals surface area contributed by atoms with Gasteiger partial charge in [0.2, 0.25) is 0 Å². The zero-order chi connectivity index (χ0) is 37.9. The van der Waals surface area contributed by atoms with Gasteiger partial charge in [-0.2, -0.15) is 0 Å². The fraction of sp³-hybridized carbons (Fsp3) is 0. The zero-order valence-corrected chi connectivity index (χ0v) is 31.3. The summed E-state index contributed by atoms with van der Waals surface area (Å²) >= 11 is 0. The lowest BCUT2D eigenvalue weighted by molar-refractivity contribution is 0.669. The predicted octanol–water partition coefficient (Wildman–Crippen LogP) is 14.9. The third-order valence-electron chi connectivity index (χ3n) is 12.2. The second-order valence-corrected chi connectivity index (χ2v) is 15.3. The quantitative estimate of drug-likeness (QED) is 0.164. The summed E-state index contributed by atoms with van der Waals surface area (Å²) in [4.78, 5) is 2.33. The van der Waals surface area contributed by atoms with Gasteiger partial charge in [0.05, 0.1) is 33.1 Å². The summed E-state index contributed by atoms with van der Waals surface area (Å²) in [6, 6.07) is 72.5. The molecule has 58 heavy (non-hydrogen) atoms. The number of anilines is 3. The van der Waals surface area contributed by atoms with Crippen LogP contribution >= 0.6 is 0 Å². The van der Waals surface area contributed by atoms with Gasteiger partial charge >= 0.3 is 0 Å². The highest BCUT2D eigenvalue weighted by molar-refractivity contribution is 6.25. The average molecular weight is 740 g/mol. The highest BCUT2D eigenvalue weighted by Gasteiger charge is 2.22. The summed E-state index contributed by atoms with van der Waals surface area (Å²) in [5.41, 5.74) is 17.2. The molecule has 13 rings (SSSR count). The maximum Gasteiger partial charge on any atom is 0.135 e. The first-order chi connectivity index (χ1) is 28.8. The van der Waals surface area contributed by atoms with Crippen molar-refractivity contribution in [2.75, 3.05) is 4.90 Å². The lowest BCUT2D eigenvalue weighted by Crippen LogP contribution is -2.09. The number of furan rings is 1. The SMILES string of the molecule is c1ccc(N(c2cccc(-c3ccc(-c4ccc5c(c4)n4c6ccccc6c6ccc7c8ccccc8n5c7c64)cc3)c2)c2ccc3oc4ccccc4c3c2)cc1. The topological polar surface area (TPSA) is 25.2 Å². The Morgan fingerprint density at radius 2 is 0.845 bits per heavy atom. The third-order valence-corrected chi connectivity index (χ3v) is 12.2. The van der Waals surface area contributed by atoms with Gasteiger partial charge in [0.1, 0.15) is 11.2 Å². The first kappa shape index (κ1) is 31.4. The number of rotatable bonds is 5.